The molecule has 0 aliphatic heterocycles. The Morgan fingerprint density at radius 2 is 1.86 bits per heavy atom. The van der Waals surface area contributed by atoms with E-state index in [9.17, 15) is 4.39 Å². The minimum absolute atomic E-state index is 0.253. The lowest BCUT2D eigenvalue weighted by Gasteiger charge is -2.17. The number of aromatic nitrogens is 1. The number of anilines is 1. The predicted octanol–water partition coefficient (Wildman–Crippen LogP) is 4.87. The van der Waals surface area contributed by atoms with Gasteiger partial charge in [-0.2, -0.15) is 0 Å². The molecule has 0 bridgehead atoms. The van der Waals surface area contributed by atoms with Crippen LogP contribution in [0.4, 0.5) is 10.1 Å². The molecular weight excluding hydrogens is 331 g/mol. The van der Waals surface area contributed by atoms with Gasteiger partial charge < -0.3 is 4.90 Å². The van der Waals surface area contributed by atoms with Crippen molar-refractivity contribution in [3.63, 3.8) is 0 Å². The lowest BCUT2D eigenvalue weighted by molar-refractivity contribution is 0.628. The maximum absolute atomic E-state index is 13.4. The number of rotatable bonds is 2. The number of halogens is 2. The minimum Gasteiger partial charge on any atom is -0.377 e. The molecule has 21 heavy (non-hydrogen) atoms. The van der Waals surface area contributed by atoms with E-state index in [1.165, 1.54) is 12.1 Å². The van der Waals surface area contributed by atoms with Crippen LogP contribution in [0.3, 0.4) is 0 Å². The van der Waals surface area contributed by atoms with Crippen LogP contribution in [0.25, 0.3) is 22.2 Å². The van der Waals surface area contributed by atoms with Gasteiger partial charge >= 0.3 is 0 Å². The first-order valence-corrected chi connectivity index (χ1v) is 7.37. The van der Waals surface area contributed by atoms with Crippen molar-refractivity contribution in [3.05, 3.63) is 58.8 Å². The SMILES string of the molecule is CN(C)c1cc(-c2cccc(F)c2)nc2ccc(Br)cc12. The van der Waals surface area contributed by atoms with Gasteiger partial charge in [0.05, 0.1) is 11.2 Å². The van der Waals surface area contributed by atoms with Crippen molar-refractivity contribution in [1.29, 1.82) is 0 Å². The summed E-state index contributed by atoms with van der Waals surface area (Å²) in [4.78, 5) is 6.70. The van der Waals surface area contributed by atoms with Crippen LogP contribution < -0.4 is 4.90 Å². The van der Waals surface area contributed by atoms with Crippen LogP contribution >= 0.6 is 15.9 Å². The van der Waals surface area contributed by atoms with E-state index in [-0.39, 0.29) is 5.82 Å². The Bertz CT molecular complexity index is 815. The summed E-state index contributed by atoms with van der Waals surface area (Å²) in [5.74, 6) is -0.253. The van der Waals surface area contributed by atoms with Crippen molar-refractivity contribution >= 4 is 32.5 Å². The molecule has 0 aliphatic carbocycles. The Kier molecular flexibility index (Phi) is 3.64. The number of fused-ring (bicyclic) bond motifs is 1. The highest BCUT2D eigenvalue weighted by Gasteiger charge is 2.10. The van der Waals surface area contributed by atoms with Crippen molar-refractivity contribution in [2.75, 3.05) is 19.0 Å². The van der Waals surface area contributed by atoms with Crippen molar-refractivity contribution in [3.8, 4) is 11.3 Å². The average Bonchev–Trinajstić information content (AvgIpc) is 2.46. The molecule has 3 aromatic rings. The highest BCUT2D eigenvalue weighted by atomic mass is 79.9. The van der Waals surface area contributed by atoms with Gasteiger partial charge in [-0.25, -0.2) is 9.37 Å². The van der Waals surface area contributed by atoms with E-state index in [4.69, 9.17) is 0 Å². The second-order valence-electron chi connectivity index (χ2n) is 5.09. The smallest absolute Gasteiger partial charge is 0.123 e. The van der Waals surface area contributed by atoms with Crippen molar-refractivity contribution in [2.24, 2.45) is 0 Å². The molecule has 0 fully saturated rings. The summed E-state index contributed by atoms with van der Waals surface area (Å²) in [6.45, 7) is 0. The third kappa shape index (κ3) is 2.76. The van der Waals surface area contributed by atoms with Gasteiger partial charge in [-0.3, -0.25) is 0 Å². The number of pyridine rings is 1. The summed E-state index contributed by atoms with van der Waals surface area (Å²) in [5, 5.41) is 1.06. The van der Waals surface area contributed by atoms with E-state index >= 15 is 0 Å². The topological polar surface area (TPSA) is 16.1 Å². The highest BCUT2D eigenvalue weighted by Crippen LogP contribution is 2.31. The molecular formula is C17H14BrFN2. The predicted molar refractivity (Wildman–Crippen MR) is 89.2 cm³/mol. The third-order valence-corrected chi connectivity index (χ3v) is 3.84. The molecule has 0 saturated heterocycles. The zero-order valence-corrected chi connectivity index (χ0v) is 13.4. The molecule has 0 radical (unpaired) electrons. The number of hydrogen-bond acceptors (Lipinski definition) is 2. The summed E-state index contributed by atoms with van der Waals surface area (Å²) in [6.07, 6.45) is 0. The van der Waals surface area contributed by atoms with E-state index < -0.39 is 0 Å². The molecule has 0 unspecified atom stereocenters. The lowest BCUT2D eigenvalue weighted by Crippen LogP contribution is -2.09. The molecule has 0 amide bonds. The van der Waals surface area contributed by atoms with Gasteiger partial charge in [-0.15, -0.1) is 0 Å². The Morgan fingerprint density at radius 3 is 2.57 bits per heavy atom. The van der Waals surface area contributed by atoms with E-state index in [2.05, 4.69) is 20.9 Å². The van der Waals surface area contributed by atoms with Gasteiger partial charge in [-0.1, -0.05) is 28.1 Å². The molecule has 0 aliphatic rings. The maximum Gasteiger partial charge on any atom is 0.123 e. The second kappa shape index (κ2) is 5.45. The van der Waals surface area contributed by atoms with Crippen LogP contribution in [-0.2, 0) is 0 Å². The molecule has 4 heteroatoms. The summed E-state index contributed by atoms with van der Waals surface area (Å²) < 4.78 is 14.4. The molecule has 2 aromatic carbocycles. The Hall–Kier alpha value is -1.94. The second-order valence-corrected chi connectivity index (χ2v) is 6.01. The molecule has 0 N–H and O–H groups in total. The van der Waals surface area contributed by atoms with Gasteiger partial charge in [0.1, 0.15) is 5.82 Å². The first-order valence-electron chi connectivity index (χ1n) is 6.58. The fraction of sp³-hybridized carbons (Fsp3) is 0.118. The van der Waals surface area contributed by atoms with Crippen LogP contribution in [0, 0.1) is 5.82 Å². The van der Waals surface area contributed by atoms with Gasteiger partial charge in [0, 0.05) is 35.2 Å². The monoisotopic (exact) mass is 344 g/mol. The standard InChI is InChI=1S/C17H14BrFN2/c1-21(2)17-10-16(11-4-3-5-13(19)8-11)20-15-7-6-12(18)9-14(15)17/h3-10H,1-2H3. The zero-order valence-electron chi connectivity index (χ0n) is 11.8. The van der Waals surface area contributed by atoms with Crippen molar-refractivity contribution in [2.45, 2.75) is 0 Å². The number of hydrogen-bond donors (Lipinski definition) is 0. The first-order chi connectivity index (χ1) is 10.0. The van der Waals surface area contributed by atoms with Gasteiger partial charge in [-0.05, 0) is 36.4 Å². The quantitative estimate of drug-likeness (QED) is 0.659. The molecule has 0 saturated carbocycles. The fourth-order valence-electron chi connectivity index (χ4n) is 2.35. The third-order valence-electron chi connectivity index (χ3n) is 3.35. The number of nitrogens with zero attached hydrogens (tertiary/aromatic N) is 2. The van der Waals surface area contributed by atoms with E-state index in [0.717, 1.165) is 32.3 Å². The fourth-order valence-corrected chi connectivity index (χ4v) is 2.71. The highest BCUT2D eigenvalue weighted by molar-refractivity contribution is 9.10. The van der Waals surface area contributed by atoms with E-state index in [1.54, 1.807) is 6.07 Å². The summed E-state index contributed by atoms with van der Waals surface area (Å²) >= 11 is 3.49. The van der Waals surface area contributed by atoms with Crippen LogP contribution in [-0.4, -0.2) is 19.1 Å². The molecule has 1 heterocycles. The van der Waals surface area contributed by atoms with E-state index in [1.807, 2.05) is 49.3 Å². The molecule has 0 atom stereocenters. The Morgan fingerprint density at radius 1 is 1.05 bits per heavy atom. The molecule has 106 valence electrons. The van der Waals surface area contributed by atoms with Crippen molar-refractivity contribution in [1.82, 2.24) is 4.98 Å². The first kappa shape index (κ1) is 14.0. The Labute approximate surface area is 131 Å². The summed E-state index contributed by atoms with van der Waals surface area (Å²) in [5.41, 5.74) is 3.50. The van der Waals surface area contributed by atoms with Crippen LogP contribution in [0.2, 0.25) is 0 Å². The Balaban J connectivity index is 2.28. The molecule has 1 aromatic heterocycles. The van der Waals surface area contributed by atoms with Gasteiger partial charge in [0.15, 0.2) is 0 Å². The lowest BCUT2D eigenvalue weighted by atomic mass is 10.1. The van der Waals surface area contributed by atoms with Crippen LogP contribution in [0.5, 0.6) is 0 Å². The number of benzene rings is 2. The normalized spacial score (nSPS) is 10.9. The zero-order chi connectivity index (χ0) is 15.0. The van der Waals surface area contributed by atoms with Crippen LogP contribution in [0.1, 0.15) is 0 Å². The average molecular weight is 345 g/mol. The maximum atomic E-state index is 13.4. The summed E-state index contributed by atoms with van der Waals surface area (Å²) in [6, 6.07) is 14.5. The van der Waals surface area contributed by atoms with Crippen molar-refractivity contribution < 1.29 is 4.39 Å². The molecule has 2 nitrogen and oxygen atoms in total. The summed E-state index contributed by atoms with van der Waals surface area (Å²) in [7, 11) is 3.98. The molecule has 0 spiro atoms. The minimum atomic E-state index is -0.253. The largest absolute Gasteiger partial charge is 0.377 e. The van der Waals surface area contributed by atoms with Gasteiger partial charge in [0.2, 0.25) is 0 Å². The van der Waals surface area contributed by atoms with E-state index in [0.29, 0.717) is 0 Å². The van der Waals surface area contributed by atoms with Gasteiger partial charge in [0.25, 0.3) is 0 Å². The molecule has 3 rings (SSSR count). The van der Waals surface area contributed by atoms with Crippen LogP contribution in [0.15, 0.2) is 53.0 Å².